The fourth-order valence-corrected chi connectivity index (χ4v) is 5.76. The van der Waals surface area contributed by atoms with Crippen molar-refractivity contribution >= 4 is 42.2 Å². The number of aliphatic hydroxyl groups is 1. The van der Waals surface area contributed by atoms with E-state index in [0.29, 0.717) is 53.8 Å². The van der Waals surface area contributed by atoms with Crippen LogP contribution in [0.3, 0.4) is 0 Å². The number of hydrogen-bond acceptors (Lipinski definition) is 7. The van der Waals surface area contributed by atoms with E-state index in [0.717, 1.165) is 6.04 Å². The molecule has 8 nitrogen and oxygen atoms in total. The lowest BCUT2D eigenvalue weighted by atomic mass is 9.84. The van der Waals surface area contributed by atoms with E-state index < -0.39 is 19.5 Å². The summed E-state index contributed by atoms with van der Waals surface area (Å²) in [6.45, 7) is 15.3. The van der Waals surface area contributed by atoms with Gasteiger partial charge in [-0.25, -0.2) is 14.4 Å². The minimum Gasteiger partial charge on any atom is -0.396 e. The molecular formula is C27H40ClFN6O2Si. The fourth-order valence-electron chi connectivity index (χ4n) is 4.68. The molecule has 4 rings (SSSR count). The average Bonchev–Trinajstić information content (AvgIpc) is 3.12. The molecule has 1 fully saturated rings. The number of hydrogen-bond donors (Lipinski definition) is 3. The Hall–Kier alpha value is -2.24. The lowest BCUT2D eigenvalue weighted by Crippen LogP contribution is -2.62. The van der Waals surface area contributed by atoms with Crippen molar-refractivity contribution in [1.82, 2.24) is 19.9 Å². The van der Waals surface area contributed by atoms with Crippen molar-refractivity contribution in [3.63, 3.8) is 0 Å². The fraction of sp³-hybridized carbons (Fsp3) is 0.556. The highest BCUT2D eigenvalue weighted by atomic mass is 35.5. The zero-order chi connectivity index (χ0) is 27.8. The maximum atomic E-state index is 15.5. The van der Waals surface area contributed by atoms with Gasteiger partial charge in [-0.15, -0.1) is 0 Å². The van der Waals surface area contributed by atoms with Crippen molar-refractivity contribution in [3.05, 3.63) is 35.4 Å². The Kier molecular flexibility index (Phi) is 8.39. The van der Waals surface area contributed by atoms with E-state index in [1.54, 1.807) is 16.8 Å². The van der Waals surface area contributed by atoms with Gasteiger partial charge in [-0.05, 0) is 31.0 Å². The van der Waals surface area contributed by atoms with E-state index in [4.69, 9.17) is 27.1 Å². The second kappa shape index (κ2) is 11.1. The number of nitrogens with one attached hydrogen (secondary N) is 1. The molecule has 2 atom stereocenters. The highest BCUT2D eigenvalue weighted by molar-refractivity contribution is 6.76. The summed E-state index contributed by atoms with van der Waals surface area (Å²) in [7, 11) is -1.25. The largest absolute Gasteiger partial charge is 0.396 e. The number of aromatic nitrogens is 3. The summed E-state index contributed by atoms with van der Waals surface area (Å²) in [5.74, 6) is -0.0457. The minimum absolute atomic E-state index is 0.0411. The highest BCUT2D eigenvalue weighted by Crippen LogP contribution is 2.40. The Bertz CT molecular complexity index is 1290. The van der Waals surface area contributed by atoms with Gasteiger partial charge in [0, 0.05) is 57.5 Å². The minimum atomic E-state index is -1.25. The Morgan fingerprint density at radius 1 is 1.37 bits per heavy atom. The molecule has 4 heterocycles. The molecule has 208 valence electrons. The molecule has 38 heavy (non-hydrogen) atoms. The average molecular weight is 563 g/mol. The van der Waals surface area contributed by atoms with Crippen molar-refractivity contribution in [2.75, 3.05) is 36.9 Å². The Labute approximate surface area is 230 Å². The summed E-state index contributed by atoms with van der Waals surface area (Å²) >= 11 is 6.88. The molecule has 1 saturated heterocycles. The third-order valence-corrected chi connectivity index (χ3v) is 9.64. The van der Waals surface area contributed by atoms with Crippen LogP contribution >= 0.6 is 11.6 Å². The van der Waals surface area contributed by atoms with Crippen LogP contribution in [0, 0.1) is 11.7 Å². The van der Waals surface area contributed by atoms with Crippen LogP contribution in [0.1, 0.15) is 20.8 Å². The summed E-state index contributed by atoms with van der Waals surface area (Å²) in [6.07, 6.45) is 1.68. The van der Waals surface area contributed by atoms with Gasteiger partial charge in [0.25, 0.3) is 0 Å². The molecule has 0 spiro atoms. The molecule has 0 aromatic carbocycles. The van der Waals surface area contributed by atoms with Crippen LogP contribution in [0.25, 0.3) is 22.3 Å². The number of rotatable bonds is 9. The molecule has 0 aliphatic carbocycles. The predicted molar refractivity (Wildman–Crippen MR) is 156 cm³/mol. The van der Waals surface area contributed by atoms with Crippen molar-refractivity contribution in [3.8, 4) is 11.3 Å². The van der Waals surface area contributed by atoms with Gasteiger partial charge in [-0.2, -0.15) is 0 Å². The number of ether oxygens (including phenoxy) is 1. The van der Waals surface area contributed by atoms with Crippen LogP contribution in [0.4, 0.5) is 15.9 Å². The first-order valence-corrected chi connectivity index (χ1v) is 17.3. The van der Waals surface area contributed by atoms with E-state index >= 15 is 4.39 Å². The first-order chi connectivity index (χ1) is 17.8. The second-order valence-electron chi connectivity index (χ2n) is 11.9. The molecule has 0 amide bonds. The second-order valence-corrected chi connectivity index (χ2v) is 17.9. The maximum Gasteiger partial charge on any atom is 0.152 e. The van der Waals surface area contributed by atoms with Crippen LogP contribution in [0.15, 0.2) is 24.4 Å². The number of nitrogen functional groups attached to an aromatic ring is 1. The van der Waals surface area contributed by atoms with E-state index in [-0.39, 0.29) is 30.1 Å². The topological polar surface area (TPSA) is 101 Å². The molecule has 0 radical (unpaired) electrons. The molecular weight excluding hydrogens is 523 g/mol. The van der Waals surface area contributed by atoms with Gasteiger partial charge in [0.05, 0.1) is 17.3 Å². The Morgan fingerprint density at radius 3 is 2.79 bits per heavy atom. The van der Waals surface area contributed by atoms with Gasteiger partial charge < -0.3 is 25.8 Å². The van der Waals surface area contributed by atoms with Gasteiger partial charge in [-0.3, -0.25) is 4.57 Å². The van der Waals surface area contributed by atoms with Gasteiger partial charge in [0.15, 0.2) is 11.6 Å². The van der Waals surface area contributed by atoms with Crippen LogP contribution in [0.5, 0.6) is 0 Å². The number of nitrogens with zero attached hydrogens (tertiary/aromatic N) is 4. The summed E-state index contributed by atoms with van der Waals surface area (Å²) < 4.78 is 23.2. The van der Waals surface area contributed by atoms with Gasteiger partial charge >= 0.3 is 0 Å². The highest BCUT2D eigenvalue weighted by Gasteiger charge is 2.38. The number of anilines is 2. The Balaban J connectivity index is 1.71. The third-order valence-electron chi connectivity index (χ3n) is 7.54. The molecule has 0 bridgehead atoms. The number of piperazine rings is 1. The summed E-state index contributed by atoms with van der Waals surface area (Å²) in [5.41, 5.74) is 6.78. The molecule has 0 unspecified atom stereocenters. The summed E-state index contributed by atoms with van der Waals surface area (Å²) in [5, 5.41) is 15.5. The molecule has 3 aromatic heterocycles. The number of fused-ring (bicyclic) bond motifs is 1. The molecule has 11 heteroatoms. The lowest BCUT2D eigenvalue weighted by Gasteiger charge is -2.43. The van der Waals surface area contributed by atoms with Crippen molar-refractivity contribution in [2.45, 2.75) is 64.8 Å². The normalized spacial score (nSPS) is 18.4. The summed E-state index contributed by atoms with van der Waals surface area (Å²) in [4.78, 5) is 11.3. The van der Waals surface area contributed by atoms with Crippen molar-refractivity contribution < 1.29 is 14.2 Å². The molecule has 1 aliphatic heterocycles. The Morgan fingerprint density at radius 2 is 2.11 bits per heavy atom. The zero-order valence-electron chi connectivity index (χ0n) is 23.2. The number of nitrogens with two attached hydrogens (primary N) is 1. The van der Waals surface area contributed by atoms with Crippen LogP contribution in [-0.2, 0) is 11.5 Å². The zero-order valence-corrected chi connectivity index (χ0v) is 24.9. The first-order valence-electron chi connectivity index (χ1n) is 13.2. The van der Waals surface area contributed by atoms with Crippen molar-refractivity contribution in [2.24, 2.45) is 5.92 Å². The maximum absolute atomic E-state index is 15.5. The lowest BCUT2D eigenvalue weighted by molar-refractivity contribution is -0.0231. The predicted octanol–water partition coefficient (Wildman–Crippen LogP) is 4.97. The molecule has 4 N–H and O–H groups in total. The molecule has 1 aliphatic rings. The molecule has 3 aromatic rings. The first kappa shape index (κ1) is 28.8. The van der Waals surface area contributed by atoms with Gasteiger partial charge in [0.1, 0.15) is 23.2 Å². The smallest absolute Gasteiger partial charge is 0.152 e. The quantitative estimate of drug-likeness (QED) is 0.250. The standard InChI is InChI=1S/C27H40ClFN6O2Si/c1-17(2)27(3,36)21-15-34(11-10-31-21)26-20(30)14-19(29)23(33-26)22-18-8-7-9-32-25(18)35(24(22)28)16-37-12-13-38(4,5)6/h7-9,14,17,21,31,36H,10-13,15-16,30H2,1-6H3/t21-,27+/m0/s1. The molecule has 0 saturated carbocycles. The van der Waals surface area contributed by atoms with Gasteiger partial charge in [-0.1, -0.05) is 45.1 Å². The van der Waals surface area contributed by atoms with Gasteiger partial charge in [0.2, 0.25) is 0 Å². The summed E-state index contributed by atoms with van der Waals surface area (Å²) in [6, 6.07) is 5.78. The van der Waals surface area contributed by atoms with Crippen LogP contribution in [-0.4, -0.2) is 65.6 Å². The number of halogens is 2. The monoisotopic (exact) mass is 562 g/mol. The van der Waals surface area contributed by atoms with Crippen molar-refractivity contribution in [1.29, 1.82) is 0 Å². The van der Waals surface area contributed by atoms with E-state index in [2.05, 4.69) is 29.9 Å². The van der Waals surface area contributed by atoms with Crippen LogP contribution < -0.4 is 16.0 Å². The van der Waals surface area contributed by atoms with E-state index in [9.17, 15) is 5.11 Å². The van der Waals surface area contributed by atoms with E-state index in [1.165, 1.54) is 6.07 Å². The van der Waals surface area contributed by atoms with E-state index in [1.807, 2.05) is 31.7 Å². The van der Waals surface area contributed by atoms with Crippen LogP contribution in [0.2, 0.25) is 30.8 Å². The SMILES string of the molecule is CC(C)[C@@](C)(O)[C@@H]1CN(c2nc(-c3c(Cl)n(COCC[Si](C)(C)C)c4ncccc34)c(F)cc2N)CCN1. The third kappa shape index (κ3) is 5.84. The number of pyridine rings is 2.